The van der Waals surface area contributed by atoms with Gasteiger partial charge in [0.15, 0.2) is 11.6 Å². The van der Waals surface area contributed by atoms with E-state index in [1.165, 1.54) is 0 Å². The number of benzene rings is 1. The summed E-state index contributed by atoms with van der Waals surface area (Å²) in [7, 11) is -4.17. The van der Waals surface area contributed by atoms with Crippen LogP contribution in [0, 0.1) is 11.6 Å². The van der Waals surface area contributed by atoms with E-state index in [0.29, 0.717) is 12.1 Å². The molecule has 1 rings (SSSR count). The topological polar surface area (TPSA) is 86.6 Å². The molecule has 0 aliphatic heterocycles. The third-order valence-corrected chi connectivity index (χ3v) is 4.41. The Hall–Kier alpha value is -1.09. The average Bonchev–Trinajstić information content (AvgIpc) is 2.39. The SMILES string of the molecule is CCC(CO)(CO)NS(=O)(=O)c1ccc(F)c(F)c1. The highest BCUT2D eigenvalue weighted by atomic mass is 32.2. The van der Waals surface area contributed by atoms with Gasteiger partial charge >= 0.3 is 0 Å². The van der Waals surface area contributed by atoms with Crippen molar-refractivity contribution in [2.24, 2.45) is 0 Å². The molecule has 0 saturated carbocycles. The van der Waals surface area contributed by atoms with Crippen LogP contribution in [0.3, 0.4) is 0 Å². The number of aliphatic hydroxyl groups excluding tert-OH is 2. The average molecular weight is 295 g/mol. The maximum absolute atomic E-state index is 13.0. The lowest BCUT2D eigenvalue weighted by Crippen LogP contribution is -2.53. The summed E-state index contributed by atoms with van der Waals surface area (Å²) in [6.45, 7) is 0.325. The highest BCUT2D eigenvalue weighted by Gasteiger charge is 2.32. The number of rotatable bonds is 6. The molecule has 0 heterocycles. The van der Waals surface area contributed by atoms with Crippen LogP contribution >= 0.6 is 0 Å². The Bertz CT molecular complexity index is 535. The van der Waals surface area contributed by atoms with E-state index in [4.69, 9.17) is 10.2 Å². The van der Waals surface area contributed by atoms with Crippen LogP contribution in [-0.2, 0) is 10.0 Å². The summed E-state index contributed by atoms with van der Waals surface area (Å²) in [5.74, 6) is -2.46. The van der Waals surface area contributed by atoms with Gasteiger partial charge in [0, 0.05) is 0 Å². The standard InChI is InChI=1S/C11H15F2NO4S/c1-2-11(6-15,7-16)14-19(17,18)8-3-4-9(12)10(13)5-8/h3-5,14-16H,2,6-7H2,1H3. The van der Waals surface area contributed by atoms with Crippen molar-refractivity contribution in [2.45, 2.75) is 23.8 Å². The molecule has 0 fully saturated rings. The maximum atomic E-state index is 13.0. The van der Waals surface area contributed by atoms with Gasteiger partial charge in [-0.3, -0.25) is 0 Å². The quantitative estimate of drug-likeness (QED) is 0.708. The number of halogens is 2. The minimum absolute atomic E-state index is 0.128. The molecule has 0 unspecified atom stereocenters. The number of aliphatic hydroxyl groups is 2. The molecule has 0 atom stereocenters. The molecule has 0 amide bonds. The zero-order valence-corrected chi connectivity index (χ0v) is 11.0. The van der Waals surface area contributed by atoms with Crippen LogP contribution in [0.4, 0.5) is 8.78 Å². The monoisotopic (exact) mass is 295 g/mol. The number of nitrogens with one attached hydrogen (secondary N) is 1. The summed E-state index contributed by atoms with van der Waals surface area (Å²) < 4.78 is 51.8. The molecule has 0 bridgehead atoms. The van der Waals surface area contributed by atoms with Gasteiger partial charge in [-0.15, -0.1) is 0 Å². The molecule has 0 saturated heterocycles. The second-order valence-electron chi connectivity index (χ2n) is 4.13. The summed E-state index contributed by atoms with van der Waals surface area (Å²) in [6.07, 6.45) is 0.128. The Kier molecular flexibility index (Phi) is 4.97. The molecule has 0 aliphatic carbocycles. The highest BCUT2D eigenvalue weighted by Crippen LogP contribution is 2.18. The summed E-state index contributed by atoms with van der Waals surface area (Å²) in [4.78, 5) is -0.480. The molecule has 108 valence electrons. The Morgan fingerprint density at radius 1 is 1.21 bits per heavy atom. The van der Waals surface area contributed by atoms with E-state index in [2.05, 4.69) is 4.72 Å². The molecule has 19 heavy (non-hydrogen) atoms. The van der Waals surface area contributed by atoms with E-state index < -0.39 is 45.3 Å². The predicted molar refractivity (Wildman–Crippen MR) is 63.9 cm³/mol. The van der Waals surface area contributed by atoms with Gasteiger partial charge in [0.05, 0.1) is 23.6 Å². The molecule has 0 radical (unpaired) electrons. The molecule has 0 aliphatic rings. The van der Waals surface area contributed by atoms with E-state index in [0.717, 1.165) is 6.07 Å². The number of hydrogen-bond donors (Lipinski definition) is 3. The van der Waals surface area contributed by atoms with Gasteiger partial charge < -0.3 is 10.2 Å². The lowest BCUT2D eigenvalue weighted by molar-refractivity contribution is 0.105. The second kappa shape index (κ2) is 5.91. The lowest BCUT2D eigenvalue weighted by atomic mass is 10.0. The molecule has 1 aromatic carbocycles. The number of hydrogen-bond acceptors (Lipinski definition) is 4. The molecular formula is C11H15F2NO4S. The van der Waals surface area contributed by atoms with Crippen LogP contribution in [0.2, 0.25) is 0 Å². The van der Waals surface area contributed by atoms with E-state index in [1.54, 1.807) is 6.92 Å². The van der Waals surface area contributed by atoms with Crippen molar-refractivity contribution < 1.29 is 27.4 Å². The van der Waals surface area contributed by atoms with Crippen molar-refractivity contribution in [3.8, 4) is 0 Å². The first-order chi connectivity index (χ1) is 8.80. The van der Waals surface area contributed by atoms with Crippen molar-refractivity contribution in [1.82, 2.24) is 4.72 Å². The number of sulfonamides is 1. The molecule has 0 spiro atoms. The fraction of sp³-hybridized carbons (Fsp3) is 0.455. The van der Waals surface area contributed by atoms with Crippen molar-refractivity contribution >= 4 is 10.0 Å². The second-order valence-corrected chi connectivity index (χ2v) is 5.81. The normalized spacial score (nSPS) is 12.7. The first-order valence-corrected chi connectivity index (χ1v) is 6.99. The van der Waals surface area contributed by atoms with Crippen LogP contribution in [0.25, 0.3) is 0 Å². The third kappa shape index (κ3) is 3.47. The summed E-state index contributed by atoms with van der Waals surface area (Å²) >= 11 is 0. The Balaban J connectivity index is 3.14. The Morgan fingerprint density at radius 3 is 2.21 bits per heavy atom. The predicted octanol–water partition coefficient (Wildman–Crippen LogP) is 0.376. The molecule has 0 aromatic heterocycles. The van der Waals surface area contributed by atoms with Crippen LogP contribution in [-0.4, -0.2) is 37.4 Å². The zero-order valence-electron chi connectivity index (χ0n) is 10.2. The smallest absolute Gasteiger partial charge is 0.241 e. The van der Waals surface area contributed by atoms with Crippen molar-refractivity contribution in [1.29, 1.82) is 0 Å². The van der Waals surface area contributed by atoms with Crippen molar-refractivity contribution in [3.63, 3.8) is 0 Å². The lowest BCUT2D eigenvalue weighted by Gasteiger charge is -2.29. The van der Waals surface area contributed by atoms with Gasteiger partial charge in [-0.25, -0.2) is 21.9 Å². The Labute approximate surface area is 109 Å². The van der Waals surface area contributed by atoms with Crippen LogP contribution in [0.1, 0.15) is 13.3 Å². The third-order valence-electron chi connectivity index (χ3n) is 2.83. The van der Waals surface area contributed by atoms with Gasteiger partial charge in [0.2, 0.25) is 10.0 Å². The van der Waals surface area contributed by atoms with E-state index in [-0.39, 0.29) is 6.42 Å². The molecule has 3 N–H and O–H groups in total. The van der Waals surface area contributed by atoms with Crippen molar-refractivity contribution in [2.75, 3.05) is 13.2 Å². The minimum atomic E-state index is -4.17. The largest absolute Gasteiger partial charge is 0.394 e. The van der Waals surface area contributed by atoms with Crippen molar-refractivity contribution in [3.05, 3.63) is 29.8 Å². The Morgan fingerprint density at radius 2 is 1.79 bits per heavy atom. The van der Waals surface area contributed by atoms with E-state index >= 15 is 0 Å². The van der Waals surface area contributed by atoms with Gasteiger partial charge in [-0.1, -0.05) is 6.92 Å². The van der Waals surface area contributed by atoms with E-state index in [1.807, 2.05) is 0 Å². The van der Waals surface area contributed by atoms with Gasteiger partial charge in [0.1, 0.15) is 0 Å². The van der Waals surface area contributed by atoms with Crippen LogP contribution in [0.5, 0.6) is 0 Å². The van der Waals surface area contributed by atoms with E-state index in [9.17, 15) is 17.2 Å². The fourth-order valence-electron chi connectivity index (χ4n) is 1.40. The van der Waals surface area contributed by atoms with Gasteiger partial charge in [-0.05, 0) is 24.6 Å². The van der Waals surface area contributed by atoms with Gasteiger partial charge in [-0.2, -0.15) is 0 Å². The van der Waals surface area contributed by atoms with Gasteiger partial charge in [0.25, 0.3) is 0 Å². The summed E-state index contributed by atoms with van der Waals surface area (Å²) in [6, 6.07) is 2.12. The molecule has 5 nitrogen and oxygen atoms in total. The maximum Gasteiger partial charge on any atom is 0.241 e. The van der Waals surface area contributed by atoms with Crippen LogP contribution in [0.15, 0.2) is 23.1 Å². The van der Waals surface area contributed by atoms with Crippen LogP contribution < -0.4 is 4.72 Å². The summed E-state index contributed by atoms with van der Waals surface area (Å²) in [5, 5.41) is 18.3. The summed E-state index contributed by atoms with van der Waals surface area (Å²) in [5.41, 5.74) is -1.44. The first-order valence-electron chi connectivity index (χ1n) is 5.51. The molecule has 1 aromatic rings. The minimum Gasteiger partial charge on any atom is -0.394 e. The zero-order chi connectivity index (χ0) is 14.7. The first kappa shape index (κ1) is 16.0. The highest BCUT2D eigenvalue weighted by molar-refractivity contribution is 7.89. The fourth-order valence-corrected chi connectivity index (χ4v) is 2.87. The molecule has 8 heteroatoms. The molecular weight excluding hydrogens is 280 g/mol.